The molecule has 130 valence electrons. The van der Waals surface area contributed by atoms with E-state index in [1.165, 1.54) is 37.3 Å². The second kappa shape index (κ2) is 9.23. The van der Waals surface area contributed by atoms with Crippen molar-refractivity contribution in [3.8, 4) is 5.75 Å². The maximum Gasteiger partial charge on any atom is 0.413 e. The van der Waals surface area contributed by atoms with Crippen LogP contribution < -0.4 is 10.1 Å². The summed E-state index contributed by atoms with van der Waals surface area (Å²) in [5.41, 5.74) is 0.528. The number of ether oxygens (including phenoxy) is 3. The highest BCUT2D eigenvalue weighted by Crippen LogP contribution is 2.15. The second-order valence-corrected chi connectivity index (χ2v) is 4.34. The fourth-order valence-electron chi connectivity index (χ4n) is 1.44. The van der Waals surface area contributed by atoms with Crippen molar-refractivity contribution in [2.75, 3.05) is 7.11 Å². The van der Waals surface area contributed by atoms with Gasteiger partial charge in [0, 0.05) is 6.08 Å². The van der Waals surface area contributed by atoms with Gasteiger partial charge in [0.05, 0.1) is 7.11 Å². The molecule has 0 saturated carbocycles. The first-order chi connectivity index (χ1) is 11.3. The highest BCUT2D eigenvalue weighted by Gasteiger charge is 2.19. The number of hydrogen-bond acceptors (Lipinski definition) is 6. The van der Waals surface area contributed by atoms with Crippen LogP contribution in [0.1, 0.15) is 12.5 Å². The number of nitrogens with one attached hydrogen (secondary N) is 1. The Morgan fingerprint density at radius 3 is 2.33 bits per heavy atom. The fourth-order valence-corrected chi connectivity index (χ4v) is 1.44. The molecule has 2 amide bonds. The minimum Gasteiger partial charge on any atom is -0.453 e. The van der Waals surface area contributed by atoms with Gasteiger partial charge >= 0.3 is 18.7 Å². The normalized spacial score (nSPS) is 11.9. The molecule has 24 heavy (non-hydrogen) atoms. The van der Waals surface area contributed by atoms with E-state index in [0.29, 0.717) is 5.56 Å². The van der Waals surface area contributed by atoms with Crippen LogP contribution in [-0.4, -0.2) is 37.8 Å². The molecule has 0 aliphatic heterocycles. The molecule has 1 aromatic rings. The molecule has 0 spiro atoms. The molecule has 0 radical (unpaired) electrons. The van der Waals surface area contributed by atoms with Crippen LogP contribution in [0.4, 0.5) is 13.6 Å². The SMILES string of the molecule is COC(=O)NC(=O)[C@H](C)OC(=O)/C=C/c1ccc(OC(F)F)cc1. The van der Waals surface area contributed by atoms with Gasteiger partial charge in [0.15, 0.2) is 6.10 Å². The van der Waals surface area contributed by atoms with Crippen molar-refractivity contribution in [3.05, 3.63) is 35.9 Å². The lowest BCUT2D eigenvalue weighted by atomic mass is 10.2. The van der Waals surface area contributed by atoms with Crippen LogP contribution in [0.3, 0.4) is 0 Å². The smallest absolute Gasteiger partial charge is 0.413 e. The lowest BCUT2D eigenvalue weighted by Gasteiger charge is -2.10. The van der Waals surface area contributed by atoms with E-state index in [1.54, 1.807) is 0 Å². The number of amides is 2. The average molecular weight is 343 g/mol. The molecule has 1 N–H and O–H groups in total. The summed E-state index contributed by atoms with van der Waals surface area (Å²) < 4.78 is 37.2. The molecule has 9 heteroatoms. The zero-order chi connectivity index (χ0) is 18.1. The Kier molecular flexibility index (Phi) is 7.34. The van der Waals surface area contributed by atoms with Crippen molar-refractivity contribution in [1.82, 2.24) is 5.32 Å². The van der Waals surface area contributed by atoms with Gasteiger partial charge in [-0.1, -0.05) is 12.1 Å². The number of hydrogen-bond donors (Lipinski definition) is 1. The molecule has 0 aliphatic rings. The van der Waals surface area contributed by atoms with Crippen molar-refractivity contribution in [2.45, 2.75) is 19.6 Å². The van der Waals surface area contributed by atoms with Gasteiger partial charge in [-0.15, -0.1) is 0 Å². The predicted octanol–water partition coefficient (Wildman–Crippen LogP) is 2.12. The van der Waals surface area contributed by atoms with Crippen molar-refractivity contribution in [2.24, 2.45) is 0 Å². The standard InChI is InChI=1S/C15H15F2NO6/c1-9(13(20)18-15(21)22-2)23-12(19)8-5-10-3-6-11(7-4-10)24-14(16)17/h3-9,14H,1-2H3,(H,18,20,21)/b8-5+/t9-/m0/s1. The minimum absolute atomic E-state index is 0.0159. The van der Waals surface area contributed by atoms with E-state index in [2.05, 4.69) is 9.47 Å². The summed E-state index contributed by atoms with van der Waals surface area (Å²) in [6, 6.07) is 5.52. The van der Waals surface area contributed by atoms with Gasteiger partial charge in [-0.3, -0.25) is 10.1 Å². The molecule has 0 fully saturated rings. The Balaban J connectivity index is 2.53. The van der Waals surface area contributed by atoms with Crippen molar-refractivity contribution < 1.29 is 37.4 Å². The maximum atomic E-state index is 12.0. The molecule has 1 atom stereocenters. The summed E-state index contributed by atoms with van der Waals surface area (Å²) in [4.78, 5) is 33.9. The van der Waals surface area contributed by atoms with Gasteiger partial charge in [-0.25, -0.2) is 9.59 Å². The van der Waals surface area contributed by atoms with Crippen LogP contribution in [0.15, 0.2) is 30.3 Å². The average Bonchev–Trinajstić information content (AvgIpc) is 2.53. The van der Waals surface area contributed by atoms with E-state index >= 15 is 0 Å². The van der Waals surface area contributed by atoms with Gasteiger partial charge < -0.3 is 14.2 Å². The molecular weight excluding hydrogens is 328 g/mol. The molecule has 0 saturated heterocycles. The van der Waals surface area contributed by atoms with E-state index in [1.807, 2.05) is 5.32 Å². The summed E-state index contributed by atoms with van der Waals surface area (Å²) in [5.74, 6) is -1.68. The molecule has 7 nitrogen and oxygen atoms in total. The van der Waals surface area contributed by atoms with Crippen LogP contribution >= 0.6 is 0 Å². The van der Waals surface area contributed by atoms with E-state index in [9.17, 15) is 23.2 Å². The number of methoxy groups -OCH3 is 1. The Hall–Kier alpha value is -2.97. The third-order valence-electron chi connectivity index (χ3n) is 2.59. The van der Waals surface area contributed by atoms with Crippen LogP contribution in [0.5, 0.6) is 5.75 Å². The lowest BCUT2D eigenvalue weighted by molar-refractivity contribution is -0.149. The highest BCUT2D eigenvalue weighted by atomic mass is 19.3. The molecule has 0 unspecified atom stereocenters. The van der Waals surface area contributed by atoms with Gasteiger partial charge in [-0.05, 0) is 30.7 Å². The van der Waals surface area contributed by atoms with Crippen LogP contribution in [0.25, 0.3) is 6.08 Å². The Morgan fingerprint density at radius 2 is 1.79 bits per heavy atom. The van der Waals surface area contributed by atoms with E-state index in [4.69, 9.17) is 4.74 Å². The van der Waals surface area contributed by atoms with Crippen molar-refractivity contribution >= 4 is 24.0 Å². The fraction of sp³-hybridized carbons (Fsp3) is 0.267. The maximum absolute atomic E-state index is 12.0. The van der Waals surface area contributed by atoms with Crippen LogP contribution in [0, 0.1) is 0 Å². The van der Waals surface area contributed by atoms with Crippen molar-refractivity contribution in [3.63, 3.8) is 0 Å². The monoisotopic (exact) mass is 343 g/mol. The number of carbonyl (C=O) groups is 3. The second-order valence-electron chi connectivity index (χ2n) is 4.34. The predicted molar refractivity (Wildman–Crippen MR) is 78.2 cm³/mol. The zero-order valence-corrected chi connectivity index (χ0v) is 12.8. The van der Waals surface area contributed by atoms with Crippen LogP contribution in [-0.2, 0) is 19.1 Å². The third kappa shape index (κ3) is 6.86. The molecule has 1 aromatic carbocycles. The number of imide groups is 1. The number of esters is 1. The van der Waals surface area contributed by atoms with Gasteiger partial charge in [-0.2, -0.15) is 8.78 Å². The minimum atomic E-state index is -2.92. The number of benzene rings is 1. The first-order valence-electron chi connectivity index (χ1n) is 6.64. The Labute approximate surface area is 136 Å². The third-order valence-corrected chi connectivity index (χ3v) is 2.59. The first kappa shape index (κ1) is 19.1. The lowest BCUT2D eigenvalue weighted by Crippen LogP contribution is -2.39. The van der Waals surface area contributed by atoms with Gasteiger partial charge in [0.1, 0.15) is 5.75 Å². The van der Waals surface area contributed by atoms with Crippen LogP contribution in [0.2, 0.25) is 0 Å². The largest absolute Gasteiger partial charge is 0.453 e. The zero-order valence-electron chi connectivity index (χ0n) is 12.8. The van der Waals surface area contributed by atoms with E-state index in [-0.39, 0.29) is 5.75 Å². The Bertz CT molecular complexity index is 615. The summed E-state index contributed by atoms with van der Waals surface area (Å²) in [6.07, 6.45) is 0.234. The number of alkyl halides is 2. The number of rotatable bonds is 6. The molecule has 0 heterocycles. The Morgan fingerprint density at radius 1 is 1.17 bits per heavy atom. The van der Waals surface area contributed by atoms with E-state index < -0.39 is 30.7 Å². The molecule has 1 rings (SSSR count). The summed E-state index contributed by atoms with van der Waals surface area (Å²) in [7, 11) is 1.08. The van der Waals surface area contributed by atoms with Crippen molar-refractivity contribution in [1.29, 1.82) is 0 Å². The van der Waals surface area contributed by atoms with E-state index in [0.717, 1.165) is 13.2 Å². The number of alkyl carbamates (subject to hydrolysis) is 1. The molecule has 0 aromatic heterocycles. The van der Waals surface area contributed by atoms with Gasteiger partial charge in [0.2, 0.25) is 0 Å². The number of halogens is 2. The summed E-state index contributed by atoms with van der Waals surface area (Å²) in [6.45, 7) is -1.64. The molecular formula is C15H15F2NO6. The number of carbonyl (C=O) groups excluding carboxylic acids is 3. The first-order valence-corrected chi connectivity index (χ1v) is 6.64. The topological polar surface area (TPSA) is 90.9 Å². The summed E-state index contributed by atoms with van der Waals surface area (Å²) in [5, 5.41) is 1.85. The molecule has 0 aliphatic carbocycles. The van der Waals surface area contributed by atoms with Gasteiger partial charge in [0.25, 0.3) is 5.91 Å². The summed E-state index contributed by atoms with van der Waals surface area (Å²) >= 11 is 0. The highest BCUT2D eigenvalue weighted by molar-refractivity contribution is 5.96. The quantitative estimate of drug-likeness (QED) is 0.628. The molecule has 0 bridgehead atoms.